The van der Waals surface area contributed by atoms with Crippen LogP contribution in [0.1, 0.15) is 38.5 Å². The zero-order valence-electron chi connectivity index (χ0n) is 22.8. The van der Waals surface area contributed by atoms with E-state index in [1.807, 2.05) is 0 Å². The number of nitrogens with two attached hydrogens (primary N) is 2. The predicted molar refractivity (Wildman–Crippen MR) is 187 cm³/mol. The molecule has 0 radical (unpaired) electrons. The second kappa shape index (κ2) is 35.7. The Balaban J connectivity index is -0.00000684. The van der Waals surface area contributed by atoms with E-state index in [0.717, 1.165) is 34.5 Å². The van der Waals surface area contributed by atoms with Gasteiger partial charge in [0.15, 0.2) is 0 Å². The normalized spacial score (nSPS) is 10.2. The Morgan fingerprint density at radius 2 is 0.650 bits per heavy atom. The van der Waals surface area contributed by atoms with Crippen LogP contribution in [-0.4, -0.2) is 97.4 Å². The Labute approximate surface area is 275 Å². The van der Waals surface area contributed by atoms with Gasteiger partial charge in [0.25, 0.3) is 0 Å². The average Bonchev–Trinajstić information content (AvgIpc) is 2.89. The monoisotopic (exact) mass is 720 g/mol. The van der Waals surface area contributed by atoms with E-state index in [0.29, 0.717) is 77.8 Å². The Morgan fingerprint density at radius 1 is 0.425 bits per heavy atom. The summed E-state index contributed by atoms with van der Waals surface area (Å²) in [6.07, 6.45) is 2.46. The zero-order chi connectivity index (χ0) is 28.1. The fourth-order valence-corrected chi connectivity index (χ4v) is 7.89. The highest BCUT2D eigenvalue weighted by atomic mass is 35.5. The molecule has 0 atom stereocenters. The Bertz CT molecular complexity index is 599. The summed E-state index contributed by atoms with van der Waals surface area (Å²) in [7, 11) is 10.1. The van der Waals surface area contributed by atoms with E-state index >= 15 is 0 Å². The highest BCUT2D eigenvalue weighted by Crippen LogP contribution is 2.20. The van der Waals surface area contributed by atoms with Crippen LogP contribution in [0.15, 0.2) is 0 Å². The van der Waals surface area contributed by atoms with E-state index in [-0.39, 0.29) is 48.4 Å². The zero-order valence-corrected chi connectivity index (χ0v) is 29.3. The molecule has 40 heavy (non-hydrogen) atoms. The number of hydrogen-bond donors (Lipinski definition) is 6. The maximum atomic E-state index is 11.9. The minimum Gasteiger partial charge on any atom is -0.355 e. The number of carbonyl (C=O) groups excluding carboxylic acids is 4. The van der Waals surface area contributed by atoms with Gasteiger partial charge < -0.3 is 32.7 Å². The number of nitrogens with one attached hydrogen (secondary N) is 4. The molecule has 0 aromatic heterocycles. The van der Waals surface area contributed by atoms with E-state index in [1.54, 1.807) is 64.8 Å². The lowest BCUT2D eigenvalue weighted by Crippen LogP contribution is -2.28. The van der Waals surface area contributed by atoms with Gasteiger partial charge in [0.05, 0.1) is 0 Å². The number of amides is 4. The molecule has 10 nitrogen and oxygen atoms in total. The number of halogens is 2. The summed E-state index contributed by atoms with van der Waals surface area (Å²) in [5, 5.41) is 11.4. The van der Waals surface area contributed by atoms with Gasteiger partial charge in [-0.1, -0.05) is 64.8 Å². The first-order valence-corrected chi connectivity index (χ1v) is 20.2. The van der Waals surface area contributed by atoms with Gasteiger partial charge in [0.2, 0.25) is 23.6 Å². The molecule has 0 rings (SSSR count). The number of carbonyl (C=O) groups is 4. The van der Waals surface area contributed by atoms with Gasteiger partial charge in [-0.05, 0) is 12.8 Å². The lowest BCUT2D eigenvalue weighted by atomic mass is 10.2. The molecule has 0 saturated heterocycles. The van der Waals surface area contributed by atoms with Gasteiger partial charge in [-0.2, -0.15) is 0 Å². The highest BCUT2D eigenvalue weighted by molar-refractivity contribution is 8.77. The quantitative estimate of drug-likeness (QED) is 0.0543. The molecule has 18 heteroatoms. The molecule has 0 fully saturated rings. The van der Waals surface area contributed by atoms with Crippen LogP contribution in [0, 0.1) is 0 Å². The van der Waals surface area contributed by atoms with Crippen molar-refractivity contribution in [2.24, 2.45) is 11.5 Å². The molecule has 0 spiro atoms. The summed E-state index contributed by atoms with van der Waals surface area (Å²) in [5.41, 5.74) is 10.8. The third kappa shape index (κ3) is 34.7. The average molecular weight is 722 g/mol. The van der Waals surface area contributed by atoms with Crippen molar-refractivity contribution in [2.45, 2.75) is 38.5 Å². The third-order valence-corrected chi connectivity index (χ3v) is 11.6. The van der Waals surface area contributed by atoms with Gasteiger partial charge >= 0.3 is 0 Å². The summed E-state index contributed by atoms with van der Waals surface area (Å²) in [6, 6.07) is 0. The number of hydrogen-bond acceptors (Lipinski definition) is 12. The van der Waals surface area contributed by atoms with Crippen LogP contribution in [0.25, 0.3) is 0 Å². The molecule has 0 aliphatic heterocycles. The summed E-state index contributed by atoms with van der Waals surface area (Å²) in [5.74, 6) is 4.90. The lowest BCUT2D eigenvalue weighted by Gasteiger charge is -2.07. The second-order valence-corrected chi connectivity index (χ2v) is 15.7. The van der Waals surface area contributed by atoms with E-state index in [2.05, 4.69) is 21.3 Å². The molecule has 0 aliphatic rings. The first-order chi connectivity index (χ1) is 18.5. The van der Waals surface area contributed by atoms with Crippen LogP contribution in [0.2, 0.25) is 0 Å². The maximum absolute atomic E-state index is 11.9. The lowest BCUT2D eigenvalue weighted by molar-refractivity contribution is -0.124. The first-order valence-electron chi connectivity index (χ1n) is 12.7. The SMILES string of the molecule is Cl.Cl.NCCSSCCNC(=O)CCCC(=O)NCCSSCCNC(=O)CCCC(=O)NCCSSCCN. The molecule has 0 saturated carbocycles. The smallest absolute Gasteiger partial charge is 0.220 e. The Hall–Kier alpha value is 0.480. The summed E-state index contributed by atoms with van der Waals surface area (Å²) in [4.78, 5) is 47.3. The topological polar surface area (TPSA) is 168 Å². The van der Waals surface area contributed by atoms with Crippen molar-refractivity contribution in [3.63, 3.8) is 0 Å². The molecular formula is C22H46Cl2N6O4S6. The van der Waals surface area contributed by atoms with Gasteiger partial charge in [0.1, 0.15) is 0 Å². The van der Waals surface area contributed by atoms with Crippen LogP contribution in [-0.2, 0) is 19.2 Å². The predicted octanol–water partition coefficient (Wildman–Crippen LogP) is 2.70. The third-order valence-electron chi connectivity index (χ3n) is 4.30. The van der Waals surface area contributed by atoms with Crippen LogP contribution in [0.5, 0.6) is 0 Å². The first kappa shape index (κ1) is 44.9. The van der Waals surface area contributed by atoms with Gasteiger partial charge in [-0.3, -0.25) is 19.2 Å². The van der Waals surface area contributed by atoms with Gasteiger partial charge in [-0.15, -0.1) is 24.8 Å². The van der Waals surface area contributed by atoms with E-state index in [1.165, 1.54) is 0 Å². The van der Waals surface area contributed by atoms with Crippen molar-refractivity contribution in [2.75, 3.05) is 73.8 Å². The van der Waals surface area contributed by atoms with Crippen molar-refractivity contribution < 1.29 is 19.2 Å². The Kier molecular flexibility index (Phi) is 40.1. The minimum atomic E-state index is -0.0431. The van der Waals surface area contributed by atoms with Crippen LogP contribution in [0.4, 0.5) is 0 Å². The second-order valence-electron chi connectivity index (χ2n) is 7.62. The summed E-state index contributed by atoms with van der Waals surface area (Å²) < 4.78 is 0. The summed E-state index contributed by atoms with van der Waals surface area (Å²) in [6.45, 7) is 3.70. The molecule has 0 aromatic rings. The van der Waals surface area contributed by atoms with Crippen molar-refractivity contribution in [1.29, 1.82) is 0 Å². The molecule has 8 N–H and O–H groups in total. The molecule has 0 unspecified atom stereocenters. The molecule has 0 bridgehead atoms. The maximum Gasteiger partial charge on any atom is 0.220 e. The van der Waals surface area contributed by atoms with Crippen molar-refractivity contribution >= 4 is 113 Å². The van der Waals surface area contributed by atoms with Gasteiger partial charge in [0, 0.05) is 99.5 Å². The standard InChI is InChI=1S/C22H44N6O4S6.2ClH/c23-7-13-33-35-15-9-25-19(29)3-1-5-21(31)27-11-17-37-38-18-12-28-22(32)6-2-4-20(30)26-10-16-36-34-14-8-24;;/h1-18,23-24H2,(H,25,29)(H,26,30)(H,27,31)(H,28,32);2*1H. The molecule has 0 aromatic carbocycles. The van der Waals surface area contributed by atoms with Crippen LogP contribution in [0.3, 0.4) is 0 Å². The largest absolute Gasteiger partial charge is 0.355 e. The fraction of sp³-hybridized carbons (Fsp3) is 0.818. The summed E-state index contributed by atoms with van der Waals surface area (Å²) >= 11 is 0. The van der Waals surface area contributed by atoms with E-state index in [4.69, 9.17) is 11.5 Å². The van der Waals surface area contributed by atoms with Crippen molar-refractivity contribution in [3.05, 3.63) is 0 Å². The van der Waals surface area contributed by atoms with Crippen molar-refractivity contribution in [1.82, 2.24) is 21.3 Å². The van der Waals surface area contributed by atoms with E-state index in [9.17, 15) is 19.2 Å². The molecule has 4 amide bonds. The van der Waals surface area contributed by atoms with Gasteiger partial charge in [-0.25, -0.2) is 0 Å². The fourth-order valence-electron chi connectivity index (χ4n) is 2.55. The molecule has 0 aliphatic carbocycles. The van der Waals surface area contributed by atoms with E-state index < -0.39 is 0 Å². The number of rotatable bonds is 27. The minimum absolute atomic E-state index is 0. The Morgan fingerprint density at radius 3 is 0.875 bits per heavy atom. The molecular weight excluding hydrogens is 676 g/mol. The molecule has 238 valence electrons. The van der Waals surface area contributed by atoms with Crippen LogP contribution < -0.4 is 32.7 Å². The van der Waals surface area contributed by atoms with Crippen molar-refractivity contribution in [3.8, 4) is 0 Å². The molecule has 0 heterocycles. The highest BCUT2D eigenvalue weighted by Gasteiger charge is 2.06. The van der Waals surface area contributed by atoms with Crippen LogP contribution >= 0.6 is 89.6 Å².